The Morgan fingerprint density at radius 1 is 1.37 bits per heavy atom. The van der Waals surface area contributed by atoms with Gasteiger partial charge in [0.15, 0.2) is 5.16 Å². The van der Waals surface area contributed by atoms with Crippen LogP contribution in [0.1, 0.15) is 58.4 Å². The number of hydrogen-bond donors (Lipinski definition) is 1. The molecule has 1 amide bonds. The van der Waals surface area contributed by atoms with Crippen molar-refractivity contribution in [1.82, 2.24) is 14.9 Å². The van der Waals surface area contributed by atoms with Gasteiger partial charge in [0.05, 0.1) is 16.2 Å². The van der Waals surface area contributed by atoms with Crippen LogP contribution < -0.4 is 10.9 Å². The fraction of sp³-hybridized carbons (Fsp3) is 0.550. The second kappa shape index (κ2) is 9.11. The van der Waals surface area contributed by atoms with Crippen molar-refractivity contribution in [3.8, 4) is 0 Å². The average molecular weight is 408 g/mol. The summed E-state index contributed by atoms with van der Waals surface area (Å²) in [6, 6.07) is 5.34. The minimum Gasteiger partial charge on any atom is -0.355 e. The summed E-state index contributed by atoms with van der Waals surface area (Å²) in [5.41, 5.74) is 0.551. The first-order valence-electron chi connectivity index (χ1n) is 9.67. The van der Waals surface area contributed by atoms with Crippen LogP contribution in [0, 0.1) is 0 Å². The Morgan fingerprint density at radius 2 is 2.11 bits per heavy atom. The van der Waals surface area contributed by atoms with Crippen LogP contribution in [0.15, 0.2) is 28.2 Å². The Bertz CT molecular complexity index is 877. The molecule has 0 bridgehead atoms. The summed E-state index contributed by atoms with van der Waals surface area (Å²) in [6.07, 6.45) is 6.29. The monoisotopic (exact) mass is 407 g/mol. The number of carbonyl (C=O) groups is 1. The second-order valence-corrected chi connectivity index (χ2v) is 8.82. The van der Waals surface area contributed by atoms with E-state index >= 15 is 0 Å². The molecule has 0 unspecified atom stereocenters. The maximum atomic E-state index is 13.2. The summed E-state index contributed by atoms with van der Waals surface area (Å²) in [6.45, 7) is 4.53. The van der Waals surface area contributed by atoms with Crippen LogP contribution in [0.5, 0.6) is 0 Å². The zero-order chi connectivity index (χ0) is 19.4. The van der Waals surface area contributed by atoms with Gasteiger partial charge >= 0.3 is 0 Å². The molecular formula is C20H26ClN3O2S. The van der Waals surface area contributed by atoms with Gasteiger partial charge in [0.1, 0.15) is 0 Å². The van der Waals surface area contributed by atoms with Crippen LogP contribution >= 0.6 is 23.4 Å². The van der Waals surface area contributed by atoms with Crippen molar-refractivity contribution in [1.29, 1.82) is 0 Å². The average Bonchev–Trinajstić information content (AvgIpc) is 2.66. The highest BCUT2D eigenvalue weighted by Gasteiger charge is 2.24. The molecule has 7 heteroatoms. The Balaban J connectivity index is 2.02. The van der Waals surface area contributed by atoms with Crippen LogP contribution in [-0.4, -0.2) is 27.3 Å². The summed E-state index contributed by atoms with van der Waals surface area (Å²) < 4.78 is 1.82. The van der Waals surface area contributed by atoms with Crippen LogP contribution in [0.2, 0.25) is 5.02 Å². The predicted octanol–water partition coefficient (Wildman–Crippen LogP) is 4.56. The summed E-state index contributed by atoms with van der Waals surface area (Å²) in [5.74, 6) is -0.0301. The van der Waals surface area contributed by atoms with Gasteiger partial charge in [0.2, 0.25) is 5.91 Å². The highest BCUT2D eigenvalue weighted by molar-refractivity contribution is 8.00. The van der Waals surface area contributed by atoms with Crippen molar-refractivity contribution >= 4 is 40.2 Å². The van der Waals surface area contributed by atoms with E-state index in [1.165, 1.54) is 18.2 Å². The molecule has 0 radical (unpaired) electrons. The molecule has 3 rings (SSSR count). The van der Waals surface area contributed by atoms with Crippen LogP contribution in [0.3, 0.4) is 0 Å². The number of nitrogens with zero attached hydrogens (tertiary/aromatic N) is 2. The topological polar surface area (TPSA) is 64.0 Å². The van der Waals surface area contributed by atoms with Crippen LogP contribution in [0.4, 0.5) is 0 Å². The number of hydrogen-bond acceptors (Lipinski definition) is 4. The quantitative estimate of drug-likeness (QED) is 0.563. The van der Waals surface area contributed by atoms with Gasteiger partial charge in [0, 0.05) is 17.6 Å². The summed E-state index contributed by atoms with van der Waals surface area (Å²) in [4.78, 5) is 30.3. The third-order valence-electron chi connectivity index (χ3n) is 4.97. The minimum absolute atomic E-state index is 0.0301. The first kappa shape index (κ1) is 20.2. The zero-order valence-electron chi connectivity index (χ0n) is 15.8. The molecule has 5 nitrogen and oxygen atoms in total. The van der Waals surface area contributed by atoms with Crippen molar-refractivity contribution in [3.63, 3.8) is 0 Å². The maximum Gasteiger partial charge on any atom is 0.262 e. The number of aromatic nitrogens is 2. The molecule has 1 aliphatic carbocycles. The third kappa shape index (κ3) is 4.66. The fourth-order valence-electron chi connectivity index (χ4n) is 3.50. The van der Waals surface area contributed by atoms with Gasteiger partial charge in [-0.2, -0.15) is 0 Å². The normalized spacial score (nSPS) is 16.4. The number of carbonyl (C=O) groups excluding carboxylic acids is 1. The van der Waals surface area contributed by atoms with Crippen molar-refractivity contribution in [2.45, 2.75) is 68.8 Å². The van der Waals surface area contributed by atoms with Crippen molar-refractivity contribution in [2.75, 3.05) is 6.54 Å². The van der Waals surface area contributed by atoms with E-state index in [0.29, 0.717) is 27.6 Å². The second-order valence-electron chi connectivity index (χ2n) is 7.07. The molecule has 0 aliphatic heterocycles. The molecule has 146 valence electrons. The number of thioether (sulfide) groups is 1. The lowest BCUT2D eigenvalue weighted by Crippen LogP contribution is -2.33. The number of amides is 1. The van der Waals surface area contributed by atoms with Gasteiger partial charge in [-0.25, -0.2) is 4.98 Å². The molecule has 27 heavy (non-hydrogen) atoms. The predicted molar refractivity (Wildman–Crippen MR) is 112 cm³/mol. The van der Waals surface area contributed by atoms with Gasteiger partial charge in [-0.1, -0.05) is 49.5 Å². The maximum absolute atomic E-state index is 13.2. The lowest BCUT2D eigenvalue weighted by molar-refractivity contribution is -0.120. The molecular weight excluding hydrogens is 382 g/mol. The third-order valence-corrected chi connectivity index (χ3v) is 6.27. The molecule has 1 aromatic carbocycles. The number of rotatable bonds is 6. The van der Waals surface area contributed by atoms with Gasteiger partial charge in [0.25, 0.3) is 5.56 Å². The number of nitrogens with one attached hydrogen (secondary N) is 1. The summed E-state index contributed by atoms with van der Waals surface area (Å²) in [7, 11) is 0. The van der Waals surface area contributed by atoms with E-state index < -0.39 is 0 Å². The number of halogens is 1. The van der Waals surface area contributed by atoms with E-state index in [1.807, 2.05) is 18.4 Å². The first-order chi connectivity index (χ1) is 13.0. The zero-order valence-corrected chi connectivity index (χ0v) is 17.4. The van der Waals surface area contributed by atoms with Crippen LogP contribution in [-0.2, 0) is 4.79 Å². The molecule has 1 fully saturated rings. The summed E-state index contributed by atoms with van der Waals surface area (Å²) in [5, 5.41) is 4.34. The first-order valence-corrected chi connectivity index (χ1v) is 10.9. The molecule has 1 aliphatic rings. The molecule has 2 aromatic rings. The molecule has 1 aromatic heterocycles. The standard InChI is InChI=1S/C20H26ClN3O2S/c1-3-11-22-18(25)13(2)27-20-23-17-12-14(21)9-10-16(17)19(26)24(20)15-7-5-4-6-8-15/h9-10,12-13,15H,3-8,11H2,1-2H3,(H,22,25)/t13-/m0/s1. The highest BCUT2D eigenvalue weighted by atomic mass is 35.5. The molecule has 1 atom stereocenters. The van der Waals surface area contributed by atoms with E-state index in [0.717, 1.165) is 32.1 Å². The Hall–Kier alpha value is -1.53. The molecule has 0 spiro atoms. The molecule has 0 saturated heterocycles. The van der Waals surface area contributed by atoms with Crippen molar-refractivity contribution in [2.24, 2.45) is 0 Å². The van der Waals surface area contributed by atoms with E-state index in [2.05, 4.69) is 5.32 Å². The van der Waals surface area contributed by atoms with Crippen molar-refractivity contribution < 1.29 is 4.79 Å². The minimum atomic E-state index is -0.324. The van der Waals surface area contributed by atoms with Gasteiger partial charge < -0.3 is 5.32 Å². The Labute approximate surface area is 168 Å². The lowest BCUT2D eigenvalue weighted by atomic mass is 9.95. The van der Waals surface area contributed by atoms with E-state index in [-0.39, 0.29) is 22.8 Å². The smallest absolute Gasteiger partial charge is 0.262 e. The van der Waals surface area contributed by atoms with E-state index in [1.54, 1.807) is 18.2 Å². The van der Waals surface area contributed by atoms with Gasteiger partial charge in [-0.3, -0.25) is 14.2 Å². The van der Waals surface area contributed by atoms with Crippen LogP contribution in [0.25, 0.3) is 10.9 Å². The highest BCUT2D eigenvalue weighted by Crippen LogP contribution is 2.32. The lowest BCUT2D eigenvalue weighted by Gasteiger charge is -2.26. The molecule has 1 N–H and O–H groups in total. The molecule has 1 saturated carbocycles. The van der Waals surface area contributed by atoms with Gasteiger partial charge in [-0.15, -0.1) is 0 Å². The van der Waals surface area contributed by atoms with E-state index in [4.69, 9.17) is 16.6 Å². The number of benzene rings is 1. The Kier molecular flexibility index (Phi) is 6.82. The SMILES string of the molecule is CCCNC(=O)[C@H](C)Sc1nc2cc(Cl)ccc2c(=O)n1C1CCCCC1. The largest absolute Gasteiger partial charge is 0.355 e. The molecule has 1 heterocycles. The van der Waals surface area contributed by atoms with Crippen molar-refractivity contribution in [3.05, 3.63) is 33.6 Å². The Morgan fingerprint density at radius 3 is 2.81 bits per heavy atom. The summed E-state index contributed by atoms with van der Waals surface area (Å²) >= 11 is 7.46. The fourth-order valence-corrected chi connectivity index (χ4v) is 4.67. The van der Waals surface area contributed by atoms with E-state index in [9.17, 15) is 9.59 Å². The number of fused-ring (bicyclic) bond motifs is 1. The van der Waals surface area contributed by atoms with Gasteiger partial charge in [-0.05, 0) is 44.4 Å².